The minimum Gasteiger partial charge on any atom is -0.496 e. The molecule has 1 atom stereocenters. The molecule has 0 aliphatic heterocycles. The largest absolute Gasteiger partial charge is 0.496 e. The number of nitrogens with one attached hydrogen (secondary N) is 1. The molecule has 0 saturated heterocycles. The quantitative estimate of drug-likeness (QED) is 0.669. The van der Waals surface area contributed by atoms with Crippen molar-refractivity contribution in [3.63, 3.8) is 0 Å². The number of hydrogen-bond acceptors (Lipinski definition) is 3. The lowest BCUT2D eigenvalue weighted by atomic mass is 9.93. The van der Waals surface area contributed by atoms with Crippen molar-refractivity contribution in [3.05, 3.63) is 63.4 Å². The standard InChI is InChI=1S/C16H18ClFN2O/c1-9-8-14(21-3)10(2)7-11(9)16(20-19)15-12(17)5-4-6-13(15)18/h4-8,16,20H,19H2,1-3H3. The predicted molar refractivity (Wildman–Crippen MR) is 83.0 cm³/mol. The van der Waals surface area contributed by atoms with Gasteiger partial charge in [0.15, 0.2) is 0 Å². The zero-order valence-electron chi connectivity index (χ0n) is 12.2. The number of methoxy groups -OCH3 is 1. The topological polar surface area (TPSA) is 47.3 Å². The highest BCUT2D eigenvalue weighted by Crippen LogP contribution is 2.34. The summed E-state index contributed by atoms with van der Waals surface area (Å²) in [6, 6.07) is 7.91. The number of hydrogen-bond donors (Lipinski definition) is 2. The number of halogens is 2. The van der Waals surface area contributed by atoms with Gasteiger partial charge in [-0.15, -0.1) is 0 Å². The Morgan fingerprint density at radius 3 is 2.52 bits per heavy atom. The van der Waals surface area contributed by atoms with Gasteiger partial charge in [0.05, 0.1) is 13.2 Å². The Kier molecular flexibility index (Phi) is 4.83. The Morgan fingerprint density at radius 1 is 1.24 bits per heavy atom. The van der Waals surface area contributed by atoms with Gasteiger partial charge in [0.2, 0.25) is 0 Å². The van der Waals surface area contributed by atoms with E-state index >= 15 is 0 Å². The Labute approximate surface area is 128 Å². The summed E-state index contributed by atoms with van der Waals surface area (Å²) in [5, 5.41) is 0.339. The van der Waals surface area contributed by atoms with Crippen LogP contribution in [0.2, 0.25) is 5.02 Å². The second kappa shape index (κ2) is 6.43. The van der Waals surface area contributed by atoms with Crippen LogP contribution in [0.15, 0.2) is 30.3 Å². The summed E-state index contributed by atoms with van der Waals surface area (Å²) in [4.78, 5) is 0. The van der Waals surface area contributed by atoms with Crippen LogP contribution in [-0.2, 0) is 0 Å². The van der Waals surface area contributed by atoms with Gasteiger partial charge in [-0.05, 0) is 48.7 Å². The maximum Gasteiger partial charge on any atom is 0.129 e. The number of ether oxygens (including phenoxy) is 1. The monoisotopic (exact) mass is 308 g/mol. The van der Waals surface area contributed by atoms with Crippen molar-refractivity contribution in [3.8, 4) is 5.75 Å². The zero-order chi connectivity index (χ0) is 15.6. The highest BCUT2D eigenvalue weighted by Gasteiger charge is 2.22. The summed E-state index contributed by atoms with van der Waals surface area (Å²) >= 11 is 6.14. The third-order valence-corrected chi connectivity index (χ3v) is 3.88. The van der Waals surface area contributed by atoms with Crippen LogP contribution < -0.4 is 16.0 Å². The van der Waals surface area contributed by atoms with E-state index in [1.807, 2.05) is 26.0 Å². The Morgan fingerprint density at radius 2 is 1.95 bits per heavy atom. The maximum absolute atomic E-state index is 14.1. The molecule has 2 rings (SSSR count). The number of aryl methyl sites for hydroxylation is 2. The smallest absolute Gasteiger partial charge is 0.129 e. The SMILES string of the molecule is COc1cc(C)c(C(NN)c2c(F)cccc2Cl)cc1C. The van der Waals surface area contributed by atoms with E-state index in [2.05, 4.69) is 5.43 Å². The number of nitrogens with two attached hydrogens (primary N) is 1. The molecule has 1 unspecified atom stereocenters. The lowest BCUT2D eigenvalue weighted by molar-refractivity contribution is 0.411. The van der Waals surface area contributed by atoms with Crippen LogP contribution in [0.5, 0.6) is 5.75 Å². The molecule has 0 radical (unpaired) electrons. The molecule has 0 saturated carbocycles. The molecule has 3 N–H and O–H groups in total. The molecule has 2 aromatic rings. The molecule has 0 aliphatic rings. The van der Waals surface area contributed by atoms with Crippen LogP contribution in [0.25, 0.3) is 0 Å². The molecular weight excluding hydrogens is 291 g/mol. The van der Waals surface area contributed by atoms with Gasteiger partial charge in [0, 0.05) is 10.6 Å². The average molecular weight is 309 g/mol. The third-order valence-electron chi connectivity index (χ3n) is 3.55. The van der Waals surface area contributed by atoms with Crippen molar-refractivity contribution in [1.29, 1.82) is 0 Å². The molecule has 0 aliphatic carbocycles. The summed E-state index contributed by atoms with van der Waals surface area (Å²) in [7, 11) is 1.62. The van der Waals surface area contributed by atoms with Crippen molar-refractivity contribution >= 4 is 11.6 Å². The van der Waals surface area contributed by atoms with Crippen molar-refractivity contribution in [2.45, 2.75) is 19.9 Å². The molecule has 0 fully saturated rings. The van der Waals surface area contributed by atoms with Gasteiger partial charge in [0.25, 0.3) is 0 Å². The van der Waals surface area contributed by atoms with Crippen LogP contribution in [-0.4, -0.2) is 7.11 Å². The second-order valence-electron chi connectivity index (χ2n) is 4.91. The summed E-state index contributed by atoms with van der Waals surface area (Å²) in [6.07, 6.45) is 0. The predicted octanol–water partition coefficient (Wildman–Crippen LogP) is 3.66. The Hall–Kier alpha value is -1.62. The molecule has 112 valence electrons. The van der Waals surface area contributed by atoms with Gasteiger partial charge < -0.3 is 4.74 Å². The van der Waals surface area contributed by atoms with Gasteiger partial charge in [-0.2, -0.15) is 0 Å². The van der Waals surface area contributed by atoms with Crippen molar-refractivity contribution in [2.24, 2.45) is 5.84 Å². The molecule has 0 bridgehead atoms. The van der Waals surface area contributed by atoms with E-state index in [0.29, 0.717) is 10.6 Å². The molecule has 2 aromatic carbocycles. The summed E-state index contributed by atoms with van der Waals surface area (Å²) < 4.78 is 19.4. The molecule has 21 heavy (non-hydrogen) atoms. The molecule has 0 heterocycles. The molecule has 0 aromatic heterocycles. The van der Waals surface area contributed by atoms with Crippen LogP contribution in [0.1, 0.15) is 28.3 Å². The van der Waals surface area contributed by atoms with Crippen LogP contribution in [0, 0.1) is 19.7 Å². The Balaban J connectivity index is 2.60. The fourth-order valence-corrected chi connectivity index (χ4v) is 2.73. The van der Waals surface area contributed by atoms with Crippen molar-refractivity contribution in [1.82, 2.24) is 5.43 Å². The van der Waals surface area contributed by atoms with E-state index in [0.717, 1.165) is 22.4 Å². The first-order chi connectivity index (χ1) is 9.99. The summed E-state index contributed by atoms with van der Waals surface area (Å²) in [5.41, 5.74) is 5.76. The van der Waals surface area contributed by atoms with Crippen LogP contribution in [0.3, 0.4) is 0 Å². The molecule has 0 spiro atoms. The van der Waals surface area contributed by atoms with Crippen LogP contribution in [0.4, 0.5) is 4.39 Å². The van der Waals surface area contributed by atoms with Gasteiger partial charge in [0.1, 0.15) is 11.6 Å². The first kappa shape index (κ1) is 15.8. The fraction of sp³-hybridized carbons (Fsp3) is 0.250. The van der Waals surface area contributed by atoms with Gasteiger partial charge in [-0.3, -0.25) is 5.84 Å². The maximum atomic E-state index is 14.1. The molecular formula is C16H18ClFN2O. The highest BCUT2D eigenvalue weighted by atomic mass is 35.5. The normalized spacial score (nSPS) is 12.3. The average Bonchev–Trinajstić information content (AvgIpc) is 2.45. The van der Waals surface area contributed by atoms with Gasteiger partial charge >= 0.3 is 0 Å². The van der Waals surface area contributed by atoms with E-state index < -0.39 is 11.9 Å². The van der Waals surface area contributed by atoms with Crippen molar-refractivity contribution < 1.29 is 9.13 Å². The number of hydrazine groups is 1. The Bertz CT molecular complexity index is 641. The molecule has 3 nitrogen and oxygen atoms in total. The minimum atomic E-state index is -0.525. The van der Waals surface area contributed by atoms with Crippen LogP contribution >= 0.6 is 11.6 Å². The first-order valence-corrected chi connectivity index (χ1v) is 6.92. The van der Waals surface area contributed by atoms with Gasteiger partial charge in [-0.25, -0.2) is 9.82 Å². The van der Waals surface area contributed by atoms with E-state index in [4.69, 9.17) is 22.2 Å². The van der Waals surface area contributed by atoms with Crippen molar-refractivity contribution in [2.75, 3.05) is 7.11 Å². The zero-order valence-corrected chi connectivity index (χ0v) is 13.0. The summed E-state index contributed by atoms with van der Waals surface area (Å²) in [6.45, 7) is 3.86. The van der Waals surface area contributed by atoms with E-state index in [-0.39, 0.29) is 0 Å². The summed E-state index contributed by atoms with van der Waals surface area (Å²) in [5.74, 6) is 6.05. The molecule has 5 heteroatoms. The van der Waals surface area contributed by atoms with Gasteiger partial charge in [-0.1, -0.05) is 23.7 Å². The van der Waals surface area contributed by atoms with E-state index in [1.54, 1.807) is 19.2 Å². The lowest BCUT2D eigenvalue weighted by Crippen LogP contribution is -2.30. The van der Waals surface area contributed by atoms with E-state index in [1.165, 1.54) is 6.07 Å². The third kappa shape index (κ3) is 3.02. The number of benzene rings is 2. The highest BCUT2D eigenvalue weighted by molar-refractivity contribution is 6.31. The molecule has 0 amide bonds. The second-order valence-corrected chi connectivity index (χ2v) is 5.32. The first-order valence-electron chi connectivity index (χ1n) is 6.54. The fourth-order valence-electron chi connectivity index (χ4n) is 2.46. The lowest BCUT2D eigenvalue weighted by Gasteiger charge is -2.22. The number of rotatable bonds is 4. The minimum absolute atomic E-state index is 0.339. The van der Waals surface area contributed by atoms with E-state index in [9.17, 15) is 4.39 Å².